The molecule has 1 fully saturated rings. The van der Waals surface area contributed by atoms with Crippen LogP contribution >= 0.6 is 11.3 Å². The number of sulfonamides is 1. The summed E-state index contributed by atoms with van der Waals surface area (Å²) in [6.45, 7) is 0. The van der Waals surface area contributed by atoms with E-state index in [4.69, 9.17) is 0 Å². The standard InChI is InChI=1S/C21H28N4O4S2/c1-24(2)23-20(27)18-13-14-30-21(18)22-19(26)15-9-11-17(12-10-15)31(28,29)25(3)16-7-5-4-6-8-16/h9-14,16H,4-8H2,1-3H3,(H,22,26)(H,23,27). The summed E-state index contributed by atoms with van der Waals surface area (Å²) in [7, 11) is 1.41. The summed E-state index contributed by atoms with van der Waals surface area (Å²) in [5, 5.41) is 6.40. The van der Waals surface area contributed by atoms with E-state index in [0.717, 1.165) is 32.1 Å². The number of nitrogens with zero attached hydrogens (tertiary/aromatic N) is 2. The van der Waals surface area contributed by atoms with Gasteiger partial charge in [0.05, 0.1) is 10.5 Å². The molecule has 0 atom stereocenters. The van der Waals surface area contributed by atoms with Crippen molar-refractivity contribution < 1.29 is 18.0 Å². The fourth-order valence-corrected chi connectivity index (χ4v) is 5.80. The number of benzene rings is 1. The normalized spacial score (nSPS) is 15.3. The summed E-state index contributed by atoms with van der Waals surface area (Å²) in [5.74, 6) is -0.736. The van der Waals surface area contributed by atoms with E-state index in [1.54, 1.807) is 32.6 Å². The molecule has 1 heterocycles. The Kier molecular flexibility index (Phi) is 7.47. The van der Waals surface area contributed by atoms with Gasteiger partial charge in [0.2, 0.25) is 10.0 Å². The van der Waals surface area contributed by atoms with E-state index < -0.39 is 15.9 Å². The largest absolute Gasteiger partial charge is 0.313 e. The molecule has 31 heavy (non-hydrogen) atoms. The van der Waals surface area contributed by atoms with Gasteiger partial charge in [-0.2, -0.15) is 4.31 Å². The van der Waals surface area contributed by atoms with Crippen LogP contribution < -0.4 is 10.7 Å². The van der Waals surface area contributed by atoms with Crippen molar-refractivity contribution in [2.75, 3.05) is 26.5 Å². The second kappa shape index (κ2) is 9.90. The fourth-order valence-electron chi connectivity index (χ4n) is 3.61. The number of nitrogens with one attached hydrogen (secondary N) is 2. The number of rotatable bonds is 7. The molecule has 0 bridgehead atoms. The van der Waals surface area contributed by atoms with Crippen molar-refractivity contribution in [3.05, 3.63) is 46.8 Å². The van der Waals surface area contributed by atoms with Crippen molar-refractivity contribution >= 4 is 38.2 Å². The lowest BCUT2D eigenvalue weighted by molar-refractivity contribution is 0.0858. The van der Waals surface area contributed by atoms with Gasteiger partial charge in [0.1, 0.15) is 5.00 Å². The molecule has 1 aromatic heterocycles. The summed E-state index contributed by atoms with van der Waals surface area (Å²) in [5.41, 5.74) is 3.31. The minimum Gasteiger partial charge on any atom is -0.313 e. The van der Waals surface area contributed by atoms with Crippen molar-refractivity contribution in [1.82, 2.24) is 14.7 Å². The van der Waals surface area contributed by atoms with E-state index >= 15 is 0 Å². The van der Waals surface area contributed by atoms with Crippen LogP contribution in [-0.2, 0) is 10.0 Å². The SMILES string of the molecule is CN(C)NC(=O)c1ccsc1NC(=O)c1ccc(S(=O)(=O)N(C)C2CCCCC2)cc1. The van der Waals surface area contributed by atoms with Crippen molar-refractivity contribution in [1.29, 1.82) is 0 Å². The first kappa shape index (κ1) is 23.4. The summed E-state index contributed by atoms with van der Waals surface area (Å²) >= 11 is 1.24. The third-order valence-corrected chi connectivity index (χ3v) is 8.10. The highest BCUT2D eigenvalue weighted by Gasteiger charge is 2.29. The van der Waals surface area contributed by atoms with E-state index in [9.17, 15) is 18.0 Å². The van der Waals surface area contributed by atoms with Gasteiger partial charge >= 0.3 is 0 Å². The number of thiophene rings is 1. The molecule has 0 spiro atoms. The van der Waals surface area contributed by atoms with Gasteiger partial charge in [0.15, 0.2) is 0 Å². The van der Waals surface area contributed by atoms with Gasteiger partial charge < -0.3 is 5.32 Å². The molecule has 1 aliphatic rings. The Labute approximate surface area is 187 Å². The topological polar surface area (TPSA) is 98.8 Å². The number of carbonyl (C=O) groups is 2. The third-order valence-electron chi connectivity index (χ3n) is 5.34. The minimum atomic E-state index is -3.61. The highest BCUT2D eigenvalue weighted by molar-refractivity contribution is 7.89. The molecule has 10 heteroatoms. The molecular weight excluding hydrogens is 436 g/mol. The van der Waals surface area contributed by atoms with Crippen molar-refractivity contribution in [2.24, 2.45) is 0 Å². The third kappa shape index (κ3) is 5.51. The first-order valence-corrected chi connectivity index (χ1v) is 12.5. The smallest absolute Gasteiger partial charge is 0.268 e. The van der Waals surface area contributed by atoms with Gasteiger partial charge in [0, 0.05) is 32.7 Å². The van der Waals surface area contributed by atoms with Crippen molar-refractivity contribution in [3.8, 4) is 0 Å². The molecule has 1 aromatic carbocycles. The highest BCUT2D eigenvalue weighted by atomic mass is 32.2. The van der Waals surface area contributed by atoms with Crippen LogP contribution in [0.2, 0.25) is 0 Å². The molecule has 1 aliphatic carbocycles. The summed E-state index contributed by atoms with van der Waals surface area (Å²) in [6.07, 6.45) is 4.99. The Morgan fingerprint density at radius 2 is 1.61 bits per heavy atom. The predicted octanol–water partition coefficient (Wildman–Crippen LogP) is 3.16. The molecule has 2 N–H and O–H groups in total. The molecule has 168 valence electrons. The average Bonchev–Trinajstić information content (AvgIpc) is 3.21. The van der Waals surface area contributed by atoms with Crippen LogP contribution in [0.3, 0.4) is 0 Å². The van der Waals surface area contributed by atoms with Crippen LogP contribution in [0, 0.1) is 0 Å². The van der Waals surface area contributed by atoms with Crippen LogP contribution in [0.25, 0.3) is 0 Å². The van der Waals surface area contributed by atoms with Gasteiger partial charge in [-0.1, -0.05) is 19.3 Å². The van der Waals surface area contributed by atoms with Crippen LogP contribution in [0.1, 0.15) is 52.8 Å². The first-order chi connectivity index (χ1) is 14.7. The van der Waals surface area contributed by atoms with Crippen LogP contribution in [0.15, 0.2) is 40.6 Å². The number of hydrogen-bond donors (Lipinski definition) is 2. The summed E-state index contributed by atoms with van der Waals surface area (Å²) < 4.78 is 27.4. The van der Waals surface area contributed by atoms with Crippen molar-refractivity contribution in [3.63, 3.8) is 0 Å². The molecule has 0 aliphatic heterocycles. The minimum absolute atomic E-state index is 0.0206. The zero-order valence-electron chi connectivity index (χ0n) is 17.9. The van der Waals surface area contributed by atoms with E-state index in [0.29, 0.717) is 16.1 Å². The Morgan fingerprint density at radius 3 is 2.23 bits per heavy atom. The quantitative estimate of drug-likeness (QED) is 0.614. The lowest BCUT2D eigenvalue weighted by Gasteiger charge is -2.30. The predicted molar refractivity (Wildman–Crippen MR) is 122 cm³/mol. The highest BCUT2D eigenvalue weighted by Crippen LogP contribution is 2.27. The number of amides is 2. The first-order valence-electron chi connectivity index (χ1n) is 10.2. The second-order valence-electron chi connectivity index (χ2n) is 7.79. The number of hydrogen-bond acceptors (Lipinski definition) is 6. The van der Waals surface area contributed by atoms with E-state index in [1.807, 2.05) is 0 Å². The molecule has 2 aromatic rings. The van der Waals surface area contributed by atoms with Gasteiger partial charge in [-0.15, -0.1) is 11.3 Å². The van der Waals surface area contributed by atoms with Crippen molar-refractivity contribution in [2.45, 2.75) is 43.0 Å². The van der Waals surface area contributed by atoms with Crippen LogP contribution in [0.4, 0.5) is 5.00 Å². The maximum atomic E-state index is 13.0. The Hall–Kier alpha value is -2.27. The molecule has 8 nitrogen and oxygen atoms in total. The molecule has 3 rings (SSSR count). The maximum absolute atomic E-state index is 13.0. The Bertz CT molecular complexity index is 1030. The Balaban J connectivity index is 1.71. The van der Waals surface area contributed by atoms with E-state index in [2.05, 4.69) is 10.7 Å². The lowest BCUT2D eigenvalue weighted by Crippen LogP contribution is -2.38. The molecule has 0 saturated heterocycles. The Morgan fingerprint density at radius 1 is 0.968 bits per heavy atom. The van der Waals surface area contributed by atoms with Gasteiger partial charge in [0.25, 0.3) is 11.8 Å². The van der Waals surface area contributed by atoms with Crippen LogP contribution in [-0.4, -0.2) is 56.7 Å². The molecule has 1 saturated carbocycles. The number of hydrazine groups is 1. The fraction of sp³-hybridized carbons (Fsp3) is 0.429. The monoisotopic (exact) mass is 464 g/mol. The maximum Gasteiger partial charge on any atom is 0.268 e. The molecule has 0 radical (unpaired) electrons. The zero-order chi connectivity index (χ0) is 22.6. The lowest BCUT2D eigenvalue weighted by atomic mass is 9.96. The zero-order valence-corrected chi connectivity index (χ0v) is 19.6. The van der Waals surface area contributed by atoms with E-state index in [-0.39, 0.29) is 16.8 Å². The van der Waals surface area contributed by atoms with Gasteiger partial charge in [-0.3, -0.25) is 15.0 Å². The molecule has 0 unspecified atom stereocenters. The average molecular weight is 465 g/mol. The second-order valence-corrected chi connectivity index (χ2v) is 10.7. The molecular formula is C21H28N4O4S2. The van der Waals surface area contributed by atoms with Crippen LogP contribution in [0.5, 0.6) is 0 Å². The van der Waals surface area contributed by atoms with Gasteiger partial charge in [-0.25, -0.2) is 13.4 Å². The molecule has 2 amide bonds. The number of anilines is 1. The van der Waals surface area contributed by atoms with E-state index in [1.165, 1.54) is 44.9 Å². The van der Waals surface area contributed by atoms with Gasteiger partial charge in [-0.05, 0) is 48.6 Å². The summed E-state index contributed by atoms with van der Waals surface area (Å²) in [6, 6.07) is 7.55. The summed E-state index contributed by atoms with van der Waals surface area (Å²) in [4.78, 5) is 25.0. The number of carbonyl (C=O) groups excluding carboxylic acids is 2.